The predicted molar refractivity (Wildman–Crippen MR) is 174 cm³/mol. The first-order valence-electron chi connectivity index (χ1n) is 14.3. The normalized spacial score (nSPS) is 11.2. The van der Waals surface area contributed by atoms with Crippen molar-refractivity contribution in [3.8, 4) is 5.69 Å². The Labute approximate surface area is 241 Å². The fourth-order valence-electron chi connectivity index (χ4n) is 5.91. The van der Waals surface area contributed by atoms with Crippen LogP contribution in [0, 0.1) is 0 Å². The highest BCUT2D eigenvalue weighted by atomic mass is 15.1. The number of rotatable bonds is 7. The second-order valence-corrected chi connectivity index (χ2v) is 10.8. The van der Waals surface area contributed by atoms with E-state index in [4.69, 9.17) is 0 Å². The van der Waals surface area contributed by atoms with Crippen molar-refractivity contribution in [1.29, 1.82) is 0 Å². The van der Waals surface area contributed by atoms with Crippen molar-refractivity contribution in [3.05, 3.63) is 174 Å². The van der Waals surface area contributed by atoms with E-state index in [1.54, 1.807) is 0 Å². The summed E-state index contributed by atoms with van der Waals surface area (Å²) in [5.41, 5.74) is 11.3. The van der Waals surface area contributed by atoms with E-state index < -0.39 is 0 Å². The highest BCUT2D eigenvalue weighted by Crippen LogP contribution is 2.33. The maximum Gasteiger partial charge on any atom is 0.0543 e. The molecule has 0 aliphatic rings. The summed E-state index contributed by atoms with van der Waals surface area (Å²) in [5, 5.41) is 2.58. The van der Waals surface area contributed by atoms with E-state index in [9.17, 15) is 0 Å². The Bertz CT molecular complexity index is 1930. The number of aromatic nitrogens is 1. The van der Waals surface area contributed by atoms with E-state index in [-0.39, 0.29) is 0 Å². The number of fused-ring (bicyclic) bond motifs is 3. The molecular weight excluding hydrogens is 496 g/mol. The molecule has 0 saturated heterocycles. The lowest BCUT2D eigenvalue weighted by Gasteiger charge is -2.21. The lowest BCUT2D eigenvalue weighted by Crippen LogP contribution is -2.09. The molecule has 1 heterocycles. The maximum absolute atomic E-state index is 2.39. The first kappa shape index (κ1) is 24.9. The van der Waals surface area contributed by atoms with Crippen molar-refractivity contribution in [2.75, 3.05) is 11.9 Å². The zero-order chi connectivity index (χ0) is 27.6. The number of benzene rings is 6. The van der Waals surface area contributed by atoms with Gasteiger partial charge in [-0.1, -0.05) is 103 Å². The SMILES string of the molecule is CN(c1ccc(Cc2ccc3c4ccccc4n(-c4ccccc4)c3c2)cc1)c1cccc(Cc2ccccc2)c1. The van der Waals surface area contributed by atoms with Gasteiger partial charge in [0.05, 0.1) is 11.0 Å². The van der Waals surface area contributed by atoms with Crippen molar-refractivity contribution in [3.63, 3.8) is 0 Å². The topological polar surface area (TPSA) is 8.17 Å². The molecule has 0 spiro atoms. The molecule has 0 bridgehead atoms. The predicted octanol–water partition coefficient (Wildman–Crippen LogP) is 9.73. The van der Waals surface area contributed by atoms with Gasteiger partial charge in [0.1, 0.15) is 0 Å². The third-order valence-electron chi connectivity index (χ3n) is 8.03. The standard InChI is InChI=1S/C39H32N2/c1-40(35-16-10-13-31(27-35)25-29-11-4-2-5-12-29)33-22-19-30(20-23-33)26-32-21-24-37-36-17-8-9-18-38(36)41(39(37)28-32)34-14-6-3-7-15-34/h2-24,27-28H,25-26H2,1H3. The lowest BCUT2D eigenvalue weighted by atomic mass is 10.0. The van der Waals surface area contributed by atoms with Crippen LogP contribution >= 0.6 is 0 Å². The minimum atomic E-state index is 0.892. The van der Waals surface area contributed by atoms with Crippen molar-refractivity contribution >= 4 is 33.2 Å². The number of hydrogen-bond donors (Lipinski definition) is 0. The summed E-state index contributed by atoms with van der Waals surface area (Å²) in [7, 11) is 2.15. The summed E-state index contributed by atoms with van der Waals surface area (Å²) in [6.07, 6.45) is 1.83. The Morgan fingerprint density at radius 2 is 1.02 bits per heavy atom. The molecular formula is C39H32N2. The number of nitrogens with zero attached hydrogens (tertiary/aromatic N) is 2. The van der Waals surface area contributed by atoms with Gasteiger partial charge in [-0.15, -0.1) is 0 Å². The summed E-state index contributed by atoms with van der Waals surface area (Å²) in [5.74, 6) is 0. The molecule has 0 N–H and O–H groups in total. The Morgan fingerprint density at radius 1 is 0.439 bits per heavy atom. The molecule has 198 valence electrons. The van der Waals surface area contributed by atoms with E-state index in [0.29, 0.717) is 0 Å². The monoisotopic (exact) mass is 528 g/mol. The average molecular weight is 529 g/mol. The molecule has 0 unspecified atom stereocenters. The molecule has 1 aromatic heterocycles. The van der Waals surface area contributed by atoms with Crippen LogP contribution in [0.25, 0.3) is 27.5 Å². The number of hydrogen-bond acceptors (Lipinski definition) is 1. The zero-order valence-corrected chi connectivity index (χ0v) is 23.2. The van der Waals surface area contributed by atoms with E-state index in [1.807, 2.05) is 0 Å². The molecule has 2 nitrogen and oxygen atoms in total. The van der Waals surface area contributed by atoms with Gasteiger partial charge in [0, 0.05) is 34.9 Å². The third-order valence-corrected chi connectivity index (χ3v) is 8.03. The van der Waals surface area contributed by atoms with Gasteiger partial charge in [0.15, 0.2) is 0 Å². The van der Waals surface area contributed by atoms with Crippen LogP contribution in [-0.2, 0) is 12.8 Å². The minimum Gasteiger partial charge on any atom is -0.345 e. The fourth-order valence-corrected chi connectivity index (χ4v) is 5.91. The number of para-hydroxylation sites is 2. The molecule has 41 heavy (non-hydrogen) atoms. The third kappa shape index (κ3) is 5.01. The molecule has 0 saturated carbocycles. The highest BCUT2D eigenvalue weighted by molar-refractivity contribution is 6.09. The summed E-state index contributed by atoms with van der Waals surface area (Å²) >= 11 is 0. The van der Waals surface area contributed by atoms with Crippen LogP contribution in [0.15, 0.2) is 152 Å². The highest BCUT2D eigenvalue weighted by Gasteiger charge is 2.13. The molecule has 0 atom stereocenters. The first-order chi connectivity index (χ1) is 20.2. The molecule has 6 aromatic carbocycles. The quantitative estimate of drug-likeness (QED) is 0.200. The second-order valence-electron chi connectivity index (χ2n) is 10.8. The van der Waals surface area contributed by atoms with Crippen molar-refractivity contribution in [1.82, 2.24) is 4.57 Å². The molecule has 0 fully saturated rings. The molecule has 7 rings (SSSR count). The van der Waals surface area contributed by atoms with Gasteiger partial charge in [-0.25, -0.2) is 0 Å². The minimum absolute atomic E-state index is 0.892. The summed E-state index contributed by atoms with van der Waals surface area (Å²) in [6, 6.07) is 54.8. The van der Waals surface area contributed by atoms with Crippen LogP contribution in [0.1, 0.15) is 22.3 Å². The Kier molecular flexibility index (Phi) is 6.58. The van der Waals surface area contributed by atoms with Crippen molar-refractivity contribution < 1.29 is 0 Å². The second kappa shape index (κ2) is 10.8. The zero-order valence-electron chi connectivity index (χ0n) is 23.2. The lowest BCUT2D eigenvalue weighted by molar-refractivity contribution is 1.14. The maximum atomic E-state index is 2.39. The summed E-state index contributed by atoms with van der Waals surface area (Å²) < 4.78 is 2.39. The van der Waals surface area contributed by atoms with E-state index in [2.05, 4.69) is 168 Å². The van der Waals surface area contributed by atoms with Crippen molar-refractivity contribution in [2.24, 2.45) is 0 Å². The van der Waals surface area contributed by atoms with Crippen molar-refractivity contribution in [2.45, 2.75) is 12.8 Å². The molecule has 0 aliphatic carbocycles. The van der Waals surface area contributed by atoms with Gasteiger partial charge in [-0.3, -0.25) is 0 Å². The van der Waals surface area contributed by atoms with Crippen LogP contribution in [0.4, 0.5) is 11.4 Å². The van der Waals surface area contributed by atoms with Gasteiger partial charge < -0.3 is 9.47 Å². The largest absolute Gasteiger partial charge is 0.345 e. The molecule has 0 aliphatic heterocycles. The summed E-state index contributed by atoms with van der Waals surface area (Å²) in [6.45, 7) is 0. The smallest absolute Gasteiger partial charge is 0.0543 e. The van der Waals surface area contributed by atoms with Gasteiger partial charge in [0.25, 0.3) is 0 Å². The Balaban J connectivity index is 1.14. The van der Waals surface area contributed by atoms with Crippen LogP contribution in [0.5, 0.6) is 0 Å². The summed E-state index contributed by atoms with van der Waals surface area (Å²) in [4.78, 5) is 2.27. The average Bonchev–Trinajstić information content (AvgIpc) is 3.36. The van der Waals surface area contributed by atoms with Crippen LogP contribution in [0.3, 0.4) is 0 Å². The molecule has 7 aromatic rings. The fraction of sp³-hybridized carbons (Fsp3) is 0.0769. The van der Waals surface area contributed by atoms with E-state index in [0.717, 1.165) is 12.8 Å². The van der Waals surface area contributed by atoms with Gasteiger partial charge in [-0.2, -0.15) is 0 Å². The van der Waals surface area contributed by atoms with Crippen LogP contribution in [-0.4, -0.2) is 11.6 Å². The molecule has 2 heteroatoms. The van der Waals surface area contributed by atoms with Gasteiger partial charge in [-0.05, 0) is 83.6 Å². The Hall–Kier alpha value is -5.08. The molecule has 0 amide bonds. The van der Waals surface area contributed by atoms with Gasteiger partial charge in [0.2, 0.25) is 0 Å². The van der Waals surface area contributed by atoms with E-state index in [1.165, 1.54) is 61.1 Å². The molecule has 0 radical (unpaired) electrons. The van der Waals surface area contributed by atoms with Gasteiger partial charge >= 0.3 is 0 Å². The van der Waals surface area contributed by atoms with E-state index >= 15 is 0 Å². The van der Waals surface area contributed by atoms with Crippen LogP contribution < -0.4 is 4.90 Å². The Morgan fingerprint density at radius 3 is 1.80 bits per heavy atom. The van der Waals surface area contributed by atoms with Crippen LogP contribution in [0.2, 0.25) is 0 Å². The number of anilines is 2. The first-order valence-corrected chi connectivity index (χ1v) is 14.3.